The van der Waals surface area contributed by atoms with Crippen LogP contribution in [0.4, 0.5) is 20.6 Å². The van der Waals surface area contributed by atoms with Crippen LogP contribution in [0, 0.1) is 0 Å². The summed E-state index contributed by atoms with van der Waals surface area (Å²) >= 11 is 0. The molecule has 0 saturated carbocycles. The van der Waals surface area contributed by atoms with E-state index in [1.807, 2.05) is 0 Å². The predicted octanol–water partition coefficient (Wildman–Crippen LogP) is 2.73. The molecule has 0 aliphatic carbocycles. The van der Waals surface area contributed by atoms with Gasteiger partial charge in [-0.15, -0.1) is 0 Å². The lowest BCUT2D eigenvalue weighted by molar-refractivity contribution is -0.121. The summed E-state index contributed by atoms with van der Waals surface area (Å²) in [5.41, 5.74) is 0.259. The van der Waals surface area contributed by atoms with Crippen molar-refractivity contribution in [1.82, 2.24) is 0 Å². The first-order valence-corrected chi connectivity index (χ1v) is 6.93. The van der Waals surface area contributed by atoms with Gasteiger partial charge in [-0.1, -0.05) is 0 Å². The van der Waals surface area contributed by atoms with E-state index in [-0.39, 0.29) is 19.1 Å². The number of carbonyl (C=O) groups excluding carboxylic acids is 2. The minimum Gasteiger partial charge on any atom is -0.482 e. The fourth-order valence-electron chi connectivity index (χ4n) is 2.03. The van der Waals surface area contributed by atoms with Crippen LogP contribution in [0.3, 0.4) is 0 Å². The van der Waals surface area contributed by atoms with Gasteiger partial charge < -0.3 is 14.4 Å². The fourth-order valence-corrected chi connectivity index (χ4v) is 2.03. The molecule has 1 aromatic carbocycles. The summed E-state index contributed by atoms with van der Waals surface area (Å²) in [4.78, 5) is 24.9. The normalized spacial score (nSPS) is 14.2. The average Bonchev–Trinajstić information content (AvgIpc) is 2.40. The molecule has 2 rings (SSSR count). The van der Waals surface area contributed by atoms with Crippen LogP contribution >= 0.6 is 0 Å². The minimum absolute atomic E-state index is 0.0505. The molecule has 0 aromatic heterocycles. The number of hydrogen-bond acceptors (Lipinski definition) is 4. The number of rotatable bonds is 3. The van der Waals surface area contributed by atoms with Crippen LogP contribution in [0.2, 0.25) is 0 Å². The molecule has 6 nitrogen and oxygen atoms in total. The molecule has 1 aliphatic heterocycles. The van der Waals surface area contributed by atoms with Gasteiger partial charge in [0.1, 0.15) is 18.0 Å². The number of alkyl halides is 1. The maximum Gasteiger partial charge on any atom is 0.412 e. The lowest BCUT2D eigenvalue weighted by atomic mass is 10.2. The van der Waals surface area contributed by atoms with Gasteiger partial charge in [-0.25, -0.2) is 9.18 Å². The maximum absolute atomic E-state index is 12.6. The van der Waals surface area contributed by atoms with Crippen molar-refractivity contribution in [2.45, 2.75) is 26.4 Å². The van der Waals surface area contributed by atoms with Crippen molar-refractivity contribution in [2.24, 2.45) is 0 Å². The molecule has 2 amide bonds. The number of fused-ring (bicyclic) bond motifs is 1. The van der Waals surface area contributed by atoms with Crippen LogP contribution in [0.5, 0.6) is 5.75 Å². The highest BCUT2D eigenvalue weighted by Gasteiger charge is 2.26. The zero-order valence-electron chi connectivity index (χ0n) is 12.8. The second kappa shape index (κ2) is 6.21. The summed E-state index contributed by atoms with van der Waals surface area (Å²) in [5.74, 6) is 0.155. The lowest BCUT2D eigenvalue weighted by Crippen LogP contribution is -2.40. The SMILES string of the molecule is CC(C)(C)OC(=O)Nc1ccc2c(c1)N(CCF)C(=O)CO2. The van der Waals surface area contributed by atoms with E-state index in [9.17, 15) is 14.0 Å². The molecule has 0 radical (unpaired) electrons. The number of nitrogens with one attached hydrogen (secondary N) is 1. The Kier molecular flexibility index (Phi) is 4.54. The van der Waals surface area contributed by atoms with Gasteiger partial charge in [-0.05, 0) is 39.0 Å². The van der Waals surface area contributed by atoms with Crippen molar-refractivity contribution in [2.75, 3.05) is 30.0 Å². The Morgan fingerprint density at radius 3 is 2.82 bits per heavy atom. The van der Waals surface area contributed by atoms with Crippen LogP contribution in [0.25, 0.3) is 0 Å². The van der Waals surface area contributed by atoms with Crippen molar-refractivity contribution in [3.05, 3.63) is 18.2 Å². The molecule has 0 saturated heterocycles. The molecule has 0 unspecified atom stereocenters. The molecule has 0 bridgehead atoms. The van der Waals surface area contributed by atoms with Gasteiger partial charge in [-0.3, -0.25) is 10.1 Å². The summed E-state index contributed by atoms with van der Waals surface area (Å²) in [7, 11) is 0. The number of hydrogen-bond donors (Lipinski definition) is 1. The number of halogens is 1. The first-order valence-electron chi connectivity index (χ1n) is 6.93. The van der Waals surface area contributed by atoms with Gasteiger partial charge in [0.15, 0.2) is 6.61 Å². The molecule has 7 heteroatoms. The second-order valence-corrected chi connectivity index (χ2v) is 5.83. The quantitative estimate of drug-likeness (QED) is 0.932. The molecule has 22 heavy (non-hydrogen) atoms. The molecule has 1 heterocycles. The summed E-state index contributed by atoms with van der Waals surface area (Å²) in [6.07, 6.45) is -0.604. The number of benzene rings is 1. The summed E-state index contributed by atoms with van der Waals surface area (Å²) in [5, 5.41) is 2.58. The van der Waals surface area contributed by atoms with E-state index < -0.39 is 18.4 Å². The highest BCUT2D eigenvalue weighted by Crippen LogP contribution is 2.34. The third-order valence-corrected chi connectivity index (χ3v) is 2.86. The summed E-state index contributed by atoms with van der Waals surface area (Å²) < 4.78 is 23.1. The Labute approximate surface area is 128 Å². The summed E-state index contributed by atoms with van der Waals surface area (Å²) in [6.45, 7) is 4.45. The number of amides is 2. The van der Waals surface area contributed by atoms with Crippen LogP contribution in [-0.4, -0.2) is 37.4 Å². The Morgan fingerprint density at radius 2 is 2.18 bits per heavy atom. The predicted molar refractivity (Wildman–Crippen MR) is 80.1 cm³/mol. The zero-order valence-corrected chi connectivity index (χ0v) is 12.8. The van der Waals surface area contributed by atoms with E-state index in [0.29, 0.717) is 17.1 Å². The van der Waals surface area contributed by atoms with Crippen LogP contribution in [-0.2, 0) is 9.53 Å². The second-order valence-electron chi connectivity index (χ2n) is 5.83. The first kappa shape index (κ1) is 16.1. The molecule has 1 N–H and O–H groups in total. The van der Waals surface area contributed by atoms with Crippen molar-refractivity contribution in [1.29, 1.82) is 0 Å². The Balaban J connectivity index is 2.19. The molecule has 120 valence electrons. The third kappa shape index (κ3) is 3.87. The number of carbonyl (C=O) groups is 2. The van der Waals surface area contributed by atoms with Crippen LogP contribution in [0.1, 0.15) is 20.8 Å². The first-order chi connectivity index (χ1) is 10.3. The monoisotopic (exact) mass is 310 g/mol. The summed E-state index contributed by atoms with van der Waals surface area (Å²) in [6, 6.07) is 4.82. The van der Waals surface area contributed by atoms with Crippen LogP contribution < -0.4 is 15.0 Å². The molecule has 0 spiro atoms. The molecule has 1 aliphatic rings. The van der Waals surface area contributed by atoms with Crippen molar-refractivity contribution >= 4 is 23.4 Å². The third-order valence-electron chi connectivity index (χ3n) is 2.86. The van der Waals surface area contributed by atoms with E-state index in [1.54, 1.807) is 39.0 Å². The van der Waals surface area contributed by atoms with E-state index in [2.05, 4.69) is 5.32 Å². The average molecular weight is 310 g/mol. The number of anilines is 2. The topological polar surface area (TPSA) is 67.9 Å². The highest BCUT2D eigenvalue weighted by atomic mass is 19.1. The standard InChI is InChI=1S/C15H19FN2O4/c1-15(2,3)22-14(20)17-10-4-5-12-11(8-10)18(7-6-16)13(19)9-21-12/h4-5,8H,6-7,9H2,1-3H3,(H,17,20). The van der Waals surface area contributed by atoms with E-state index >= 15 is 0 Å². The molecule has 0 fully saturated rings. The van der Waals surface area contributed by atoms with Gasteiger partial charge in [0.25, 0.3) is 5.91 Å². The van der Waals surface area contributed by atoms with E-state index in [1.165, 1.54) is 4.90 Å². The Morgan fingerprint density at radius 1 is 1.45 bits per heavy atom. The van der Waals surface area contributed by atoms with E-state index in [0.717, 1.165) is 0 Å². The Hall–Kier alpha value is -2.31. The fraction of sp³-hybridized carbons (Fsp3) is 0.467. The minimum atomic E-state index is -0.658. The molecular formula is C15H19FN2O4. The van der Waals surface area contributed by atoms with Crippen molar-refractivity contribution < 1.29 is 23.5 Å². The number of nitrogens with zero attached hydrogens (tertiary/aromatic N) is 1. The van der Waals surface area contributed by atoms with Crippen molar-refractivity contribution in [3.8, 4) is 5.75 Å². The van der Waals surface area contributed by atoms with Gasteiger partial charge in [-0.2, -0.15) is 0 Å². The van der Waals surface area contributed by atoms with E-state index in [4.69, 9.17) is 9.47 Å². The smallest absolute Gasteiger partial charge is 0.412 e. The largest absolute Gasteiger partial charge is 0.482 e. The highest BCUT2D eigenvalue weighted by molar-refractivity contribution is 5.99. The van der Waals surface area contributed by atoms with Gasteiger partial charge >= 0.3 is 6.09 Å². The van der Waals surface area contributed by atoms with Crippen LogP contribution in [0.15, 0.2) is 18.2 Å². The van der Waals surface area contributed by atoms with Gasteiger partial charge in [0.05, 0.1) is 12.2 Å². The molecular weight excluding hydrogens is 291 g/mol. The van der Waals surface area contributed by atoms with Crippen molar-refractivity contribution in [3.63, 3.8) is 0 Å². The Bertz CT molecular complexity index is 583. The molecule has 0 atom stereocenters. The number of ether oxygens (including phenoxy) is 2. The lowest BCUT2D eigenvalue weighted by Gasteiger charge is -2.29. The maximum atomic E-state index is 12.6. The molecule has 1 aromatic rings. The van der Waals surface area contributed by atoms with Gasteiger partial charge in [0.2, 0.25) is 0 Å². The zero-order chi connectivity index (χ0) is 16.3. The van der Waals surface area contributed by atoms with Gasteiger partial charge in [0, 0.05) is 5.69 Å².